The normalized spacial score (nSPS) is 16.5. The van der Waals surface area contributed by atoms with E-state index in [0.29, 0.717) is 16.4 Å². The van der Waals surface area contributed by atoms with Crippen molar-refractivity contribution in [2.24, 2.45) is 11.8 Å². The second kappa shape index (κ2) is 6.21. The quantitative estimate of drug-likeness (QED) is 0.659. The van der Waals surface area contributed by atoms with Crippen LogP contribution in [0.5, 0.6) is 0 Å². The molecule has 0 aliphatic carbocycles. The molecule has 2 rings (SSSR count). The van der Waals surface area contributed by atoms with E-state index in [9.17, 15) is 4.79 Å². The van der Waals surface area contributed by atoms with E-state index in [1.807, 2.05) is 4.90 Å². The number of amides is 1. The first-order valence-electron chi connectivity index (χ1n) is 6.57. The van der Waals surface area contributed by atoms with Gasteiger partial charge in [0.05, 0.1) is 10.6 Å². The monoisotopic (exact) mass is 282 g/mol. The molecule has 1 amide bonds. The molecule has 1 aliphatic heterocycles. The Hall–Kier alpha value is -1.33. The number of hydrogen-bond donors (Lipinski definition) is 2. The van der Waals surface area contributed by atoms with E-state index < -0.39 is 0 Å². The van der Waals surface area contributed by atoms with Gasteiger partial charge in [0.25, 0.3) is 5.91 Å². The molecule has 3 N–H and O–H groups in total. The molecule has 0 aromatic carbocycles. The summed E-state index contributed by atoms with van der Waals surface area (Å²) in [4.78, 5) is 18.2. The summed E-state index contributed by atoms with van der Waals surface area (Å²) in [6.07, 6.45) is 4.85. The molecular weight excluding hydrogens is 264 g/mol. The Morgan fingerprint density at radius 3 is 2.79 bits per heavy atom. The number of carbonyl (C=O) groups is 1. The number of carbonyl (C=O) groups excluding carboxylic acids is 1. The minimum absolute atomic E-state index is 0.00692. The Balaban J connectivity index is 2.06. The van der Waals surface area contributed by atoms with Gasteiger partial charge in [0.15, 0.2) is 5.82 Å². The fourth-order valence-electron chi connectivity index (χ4n) is 2.39. The van der Waals surface area contributed by atoms with Gasteiger partial charge in [-0.2, -0.15) is 0 Å². The molecule has 1 fully saturated rings. The SMILES string of the molecule is CCC1CCN(C(=O)c2cnc(NN)c(Cl)c2)CC1. The Kier molecular flexibility index (Phi) is 4.61. The molecule has 5 nitrogen and oxygen atoms in total. The number of pyridine rings is 1. The maximum atomic E-state index is 12.3. The van der Waals surface area contributed by atoms with Crippen molar-refractivity contribution in [3.05, 3.63) is 22.8 Å². The molecule has 0 unspecified atom stereocenters. The highest BCUT2D eigenvalue weighted by Gasteiger charge is 2.23. The molecule has 0 radical (unpaired) electrons. The lowest BCUT2D eigenvalue weighted by Crippen LogP contribution is -2.38. The van der Waals surface area contributed by atoms with Crippen LogP contribution in [0.25, 0.3) is 0 Å². The molecule has 1 aromatic rings. The molecule has 1 aromatic heterocycles. The Bertz CT molecular complexity index is 458. The number of hydrazine groups is 1. The molecule has 1 aliphatic rings. The standard InChI is InChI=1S/C13H19ClN4O/c1-2-9-3-5-18(6-4-9)13(19)10-7-11(14)12(17-15)16-8-10/h7-9H,2-6,15H2,1H3,(H,16,17). The zero-order valence-electron chi connectivity index (χ0n) is 11.0. The van der Waals surface area contributed by atoms with Gasteiger partial charge in [0, 0.05) is 19.3 Å². The van der Waals surface area contributed by atoms with Crippen molar-refractivity contribution in [3.8, 4) is 0 Å². The van der Waals surface area contributed by atoms with Crippen molar-refractivity contribution in [1.29, 1.82) is 0 Å². The van der Waals surface area contributed by atoms with Crippen molar-refractivity contribution in [1.82, 2.24) is 9.88 Å². The first-order valence-corrected chi connectivity index (χ1v) is 6.95. The second-order valence-electron chi connectivity index (χ2n) is 4.84. The number of piperidine rings is 1. The topological polar surface area (TPSA) is 71.2 Å². The molecule has 6 heteroatoms. The molecule has 0 saturated carbocycles. The molecular formula is C13H19ClN4O. The number of anilines is 1. The summed E-state index contributed by atoms with van der Waals surface area (Å²) in [6, 6.07) is 1.61. The van der Waals surface area contributed by atoms with Gasteiger partial charge in [-0.15, -0.1) is 0 Å². The summed E-state index contributed by atoms with van der Waals surface area (Å²) in [5.41, 5.74) is 2.90. The highest BCUT2D eigenvalue weighted by Crippen LogP contribution is 2.23. The van der Waals surface area contributed by atoms with Gasteiger partial charge in [-0.25, -0.2) is 10.8 Å². The van der Waals surface area contributed by atoms with Crippen LogP contribution in [-0.2, 0) is 0 Å². The summed E-state index contributed by atoms with van der Waals surface area (Å²) in [6.45, 7) is 3.82. The van der Waals surface area contributed by atoms with E-state index >= 15 is 0 Å². The maximum absolute atomic E-state index is 12.3. The zero-order valence-corrected chi connectivity index (χ0v) is 11.8. The second-order valence-corrected chi connectivity index (χ2v) is 5.25. The number of nitrogens with one attached hydrogen (secondary N) is 1. The number of nitrogens with two attached hydrogens (primary N) is 1. The highest BCUT2D eigenvalue weighted by molar-refractivity contribution is 6.33. The van der Waals surface area contributed by atoms with Gasteiger partial charge >= 0.3 is 0 Å². The van der Waals surface area contributed by atoms with Crippen molar-refractivity contribution in [2.45, 2.75) is 26.2 Å². The summed E-state index contributed by atoms with van der Waals surface area (Å²) in [7, 11) is 0. The van der Waals surface area contributed by atoms with Crippen LogP contribution in [-0.4, -0.2) is 28.9 Å². The fourth-order valence-corrected chi connectivity index (χ4v) is 2.61. The third-order valence-corrected chi connectivity index (χ3v) is 3.99. The summed E-state index contributed by atoms with van der Waals surface area (Å²) < 4.78 is 0. The first-order chi connectivity index (χ1) is 9.15. The number of aromatic nitrogens is 1. The smallest absolute Gasteiger partial charge is 0.255 e. The number of hydrogen-bond acceptors (Lipinski definition) is 4. The largest absolute Gasteiger partial charge is 0.339 e. The van der Waals surface area contributed by atoms with Crippen molar-refractivity contribution in [3.63, 3.8) is 0 Å². The number of rotatable bonds is 3. The van der Waals surface area contributed by atoms with Crippen molar-refractivity contribution < 1.29 is 4.79 Å². The van der Waals surface area contributed by atoms with Gasteiger partial charge in [-0.3, -0.25) is 4.79 Å². The number of nitrogens with zero attached hydrogens (tertiary/aromatic N) is 2. The van der Waals surface area contributed by atoms with Crippen LogP contribution in [0.1, 0.15) is 36.5 Å². The number of halogens is 1. The lowest BCUT2D eigenvalue weighted by atomic mass is 9.94. The lowest BCUT2D eigenvalue weighted by Gasteiger charge is -2.31. The molecule has 0 atom stereocenters. The average molecular weight is 283 g/mol. The van der Waals surface area contributed by atoms with Crippen LogP contribution in [0.2, 0.25) is 5.02 Å². The van der Waals surface area contributed by atoms with E-state index in [4.69, 9.17) is 17.4 Å². The number of nitrogen functional groups attached to an aromatic ring is 1. The van der Waals surface area contributed by atoms with Crippen LogP contribution in [0.4, 0.5) is 5.82 Å². The predicted molar refractivity (Wildman–Crippen MR) is 76.0 cm³/mol. The third-order valence-electron chi connectivity index (χ3n) is 3.70. The molecule has 1 saturated heterocycles. The Morgan fingerprint density at radius 1 is 1.58 bits per heavy atom. The zero-order chi connectivity index (χ0) is 13.8. The first kappa shape index (κ1) is 14.1. The number of likely N-dealkylation sites (tertiary alicyclic amines) is 1. The molecule has 2 heterocycles. The van der Waals surface area contributed by atoms with E-state index in [-0.39, 0.29) is 5.91 Å². The third kappa shape index (κ3) is 3.16. The van der Waals surface area contributed by atoms with Crippen LogP contribution in [0, 0.1) is 5.92 Å². The minimum Gasteiger partial charge on any atom is -0.339 e. The summed E-state index contributed by atoms with van der Waals surface area (Å²) in [5.74, 6) is 6.37. The highest BCUT2D eigenvalue weighted by atomic mass is 35.5. The molecule has 0 spiro atoms. The van der Waals surface area contributed by atoms with Crippen LogP contribution in [0.15, 0.2) is 12.3 Å². The van der Waals surface area contributed by atoms with Gasteiger partial charge in [0.2, 0.25) is 0 Å². The molecule has 104 valence electrons. The molecule has 19 heavy (non-hydrogen) atoms. The van der Waals surface area contributed by atoms with Gasteiger partial charge in [0.1, 0.15) is 0 Å². The lowest BCUT2D eigenvalue weighted by molar-refractivity contribution is 0.0688. The van der Waals surface area contributed by atoms with E-state index in [1.54, 1.807) is 6.07 Å². The van der Waals surface area contributed by atoms with Crippen LogP contribution in [0.3, 0.4) is 0 Å². The minimum atomic E-state index is -0.00692. The average Bonchev–Trinajstić information content (AvgIpc) is 2.46. The van der Waals surface area contributed by atoms with E-state index in [2.05, 4.69) is 17.3 Å². The summed E-state index contributed by atoms with van der Waals surface area (Å²) in [5, 5.41) is 0.358. The Morgan fingerprint density at radius 2 is 2.26 bits per heavy atom. The van der Waals surface area contributed by atoms with Gasteiger partial charge in [-0.1, -0.05) is 24.9 Å². The van der Waals surface area contributed by atoms with Crippen molar-refractivity contribution >= 4 is 23.3 Å². The van der Waals surface area contributed by atoms with Gasteiger partial charge < -0.3 is 10.3 Å². The van der Waals surface area contributed by atoms with E-state index in [1.165, 1.54) is 12.6 Å². The Labute approximate surface area is 118 Å². The van der Waals surface area contributed by atoms with Crippen molar-refractivity contribution in [2.75, 3.05) is 18.5 Å². The van der Waals surface area contributed by atoms with E-state index in [0.717, 1.165) is 31.8 Å². The predicted octanol–water partition coefficient (Wildman–Crippen LogP) is 2.28. The fraction of sp³-hybridized carbons (Fsp3) is 0.538. The summed E-state index contributed by atoms with van der Waals surface area (Å²) >= 11 is 5.98. The molecule has 0 bridgehead atoms. The van der Waals surface area contributed by atoms with Crippen LogP contribution < -0.4 is 11.3 Å². The van der Waals surface area contributed by atoms with Gasteiger partial charge in [-0.05, 0) is 24.8 Å². The maximum Gasteiger partial charge on any atom is 0.255 e. The van der Waals surface area contributed by atoms with Crippen LogP contribution >= 0.6 is 11.6 Å².